The summed E-state index contributed by atoms with van der Waals surface area (Å²) in [4.78, 5) is 7.57. The lowest BCUT2D eigenvalue weighted by molar-refractivity contribution is 0.561. The van der Waals surface area contributed by atoms with Crippen LogP contribution in [0.3, 0.4) is 0 Å². The Labute approximate surface area is 130 Å². The average molecular weight is 292 g/mol. The quantitative estimate of drug-likeness (QED) is 0.482. The topological polar surface area (TPSA) is 41.8 Å². The van der Waals surface area contributed by atoms with Crippen LogP contribution in [0.5, 0.6) is 0 Å². The van der Waals surface area contributed by atoms with Gasteiger partial charge in [0, 0.05) is 18.1 Å². The number of rotatable bonds is 0. The predicted molar refractivity (Wildman–Crippen MR) is 91.3 cm³/mol. The van der Waals surface area contributed by atoms with Gasteiger partial charge in [0.25, 0.3) is 0 Å². The van der Waals surface area contributed by atoms with Crippen molar-refractivity contribution >= 4 is 22.0 Å². The molecule has 4 rings (SSSR count). The van der Waals surface area contributed by atoms with Crippen molar-refractivity contribution in [2.45, 2.75) is 27.7 Å². The van der Waals surface area contributed by atoms with Gasteiger partial charge < -0.3 is 9.40 Å². The van der Waals surface area contributed by atoms with Crippen molar-refractivity contribution in [3.8, 4) is 0 Å². The Balaban J connectivity index is 0.000000131. The zero-order valence-electron chi connectivity index (χ0n) is 13.4. The number of aryl methyl sites for hydroxylation is 4. The molecule has 0 aliphatic rings. The average Bonchev–Trinajstić information content (AvgIpc) is 3.03. The van der Waals surface area contributed by atoms with Gasteiger partial charge in [-0.2, -0.15) is 0 Å². The van der Waals surface area contributed by atoms with Crippen LogP contribution >= 0.6 is 0 Å². The van der Waals surface area contributed by atoms with E-state index in [0.29, 0.717) is 0 Å². The Kier molecular flexibility index (Phi) is 3.72. The maximum absolute atomic E-state index is 5.34. The number of fused-ring (bicyclic) bond motifs is 2. The van der Waals surface area contributed by atoms with Crippen molar-refractivity contribution in [2.24, 2.45) is 0 Å². The van der Waals surface area contributed by atoms with E-state index >= 15 is 0 Å². The van der Waals surface area contributed by atoms with E-state index in [1.54, 1.807) is 0 Å². The van der Waals surface area contributed by atoms with E-state index in [0.717, 1.165) is 17.0 Å². The van der Waals surface area contributed by atoms with Crippen molar-refractivity contribution < 1.29 is 4.42 Å². The van der Waals surface area contributed by atoms with Gasteiger partial charge >= 0.3 is 0 Å². The fourth-order valence-corrected chi connectivity index (χ4v) is 2.65. The van der Waals surface area contributed by atoms with Gasteiger partial charge in [-0.1, -0.05) is 30.3 Å². The summed E-state index contributed by atoms with van der Waals surface area (Å²) in [6.07, 6.45) is 0. The molecule has 2 aromatic heterocycles. The SMILES string of the molecule is Cc1cc2cccc(C)c2[nH]1.Cc1nc2c(C)cccc2o1. The lowest BCUT2D eigenvalue weighted by atomic mass is 10.2. The number of nitrogens with one attached hydrogen (secondary N) is 1. The van der Waals surface area contributed by atoms with E-state index in [-0.39, 0.29) is 0 Å². The first kappa shape index (κ1) is 14.4. The van der Waals surface area contributed by atoms with Crippen molar-refractivity contribution in [1.29, 1.82) is 0 Å². The highest BCUT2D eigenvalue weighted by molar-refractivity contribution is 5.83. The molecule has 2 aromatic carbocycles. The van der Waals surface area contributed by atoms with Gasteiger partial charge in [-0.25, -0.2) is 4.98 Å². The van der Waals surface area contributed by atoms with Crippen LogP contribution < -0.4 is 0 Å². The van der Waals surface area contributed by atoms with Crippen molar-refractivity contribution in [3.05, 3.63) is 65.2 Å². The van der Waals surface area contributed by atoms with Crippen LogP contribution in [-0.4, -0.2) is 9.97 Å². The predicted octanol–water partition coefficient (Wildman–Crippen LogP) is 5.23. The van der Waals surface area contributed by atoms with Gasteiger partial charge in [-0.3, -0.25) is 0 Å². The molecular formula is C19H20N2O. The molecule has 22 heavy (non-hydrogen) atoms. The van der Waals surface area contributed by atoms with Gasteiger partial charge in [0.15, 0.2) is 11.5 Å². The van der Waals surface area contributed by atoms with Crippen LogP contribution in [0.2, 0.25) is 0 Å². The summed E-state index contributed by atoms with van der Waals surface area (Å²) in [5, 5.41) is 1.31. The molecule has 3 heteroatoms. The van der Waals surface area contributed by atoms with Gasteiger partial charge in [-0.15, -0.1) is 0 Å². The number of para-hydroxylation sites is 2. The summed E-state index contributed by atoms with van der Waals surface area (Å²) >= 11 is 0. The first-order chi connectivity index (χ1) is 10.5. The minimum Gasteiger partial charge on any atom is -0.441 e. The van der Waals surface area contributed by atoms with Gasteiger partial charge in [0.1, 0.15) is 5.52 Å². The number of hydrogen-bond acceptors (Lipinski definition) is 2. The second kappa shape index (κ2) is 5.68. The van der Waals surface area contributed by atoms with Crippen LogP contribution in [0.4, 0.5) is 0 Å². The summed E-state index contributed by atoms with van der Waals surface area (Å²) in [6.45, 7) is 8.10. The largest absolute Gasteiger partial charge is 0.441 e. The molecule has 0 spiro atoms. The second-order valence-corrected chi connectivity index (χ2v) is 5.65. The molecule has 0 amide bonds. The molecule has 0 radical (unpaired) electrons. The Hall–Kier alpha value is -2.55. The third-order valence-corrected chi connectivity index (χ3v) is 3.73. The third kappa shape index (κ3) is 2.75. The fraction of sp³-hybridized carbons (Fsp3) is 0.211. The molecule has 2 heterocycles. The van der Waals surface area contributed by atoms with Crippen LogP contribution in [0.15, 0.2) is 46.9 Å². The van der Waals surface area contributed by atoms with Crippen molar-refractivity contribution in [3.63, 3.8) is 0 Å². The molecule has 4 aromatic rings. The van der Waals surface area contributed by atoms with E-state index < -0.39 is 0 Å². The van der Waals surface area contributed by atoms with Gasteiger partial charge in [0.05, 0.1) is 0 Å². The molecule has 0 fully saturated rings. The molecule has 0 atom stereocenters. The monoisotopic (exact) mass is 292 g/mol. The Morgan fingerprint density at radius 3 is 2.36 bits per heavy atom. The Morgan fingerprint density at radius 1 is 0.909 bits per heavy atom. The minimum atomic E-state index is 0.731. The summed E-state index contributed by atoms with van der Waals surface area (Å²) in [6, 6.07) is 14.5. The number of aromatic amines is 1. The number of nitrogens with zero attached hydrogens (tertiary/aromatic N) is 1. The Morgan fingerprint density at radius 2 is 1.64 bits per heavy atom. The molecule has 0 aliphatic heterocycles. The first-order valence-corrected chi connectivity index (χ1v) is 7.42. The molecule has 0 saturated carbocycles. The normalized spacial score (nSPS) is 10.7. The number of oxazole rings is 1. The lowest BCUT2D eigenvalue weighted by Gasteiger charge is -1.92. The number of H-pyrrole nitrogens is 1. The van der Waals surface area contributed by atoms with Gasteiger partial charge in [0.2, 0.25) is 0 Å². The summed E-state index contributed by atoms with van der Waals surface area (Å²) < 4.78 is 5.34. The third-order valence-electron chi connectivity index (χ3n) is 3.73. The standard InChI is InChI=1S/C10H11N.C9H9NO/c1-7-4-3-5-9-6-8(2)11-10(7)9;1-6-4-3-5-8-9(6)10-7(2)11-8/h3-6,11H,1-2H3;3-5H,1-2H3. The zero-order valence-corrected chi connectivity index (χ0v) is 13.4. The molecule has 3 nitrogen and oxygen atoms in total. The maximum atomic E-state index is 5.34. The van der Waals surface area contributed by atoms with Crippen LogP contribution in [0.1, 0.15) is 22.7 Å². The highest BCUT2D eigenvalue weighted by Gasteiger charge is 2.02. The van der Waals surface area contributed by atoms with E-state index in [1.807, 2.05) is 32.0 Å². The molecular weight excluding hydrogens is 272 g/mol. The smallest absolute Gasteiger partial charge is 0.192 e. The molecule has 0 saturated heterocycles. The van der Waals surface area contributed by atoms with Gasteiger partial charge in [-0.05, 0) is 49.4 Å². The zero-order chi connectivity index (χ0) is 15.7. The van der Waals surface area contributed by atoms with Crippen molar-refractivity contribution in [2.75, 3.05) is 0 Å². The van der Waals surface area contributed by atoms with E-state index in [9.17, 15) is 0 Å². The molecule has 0 aliphatic carbocycles. The van der Waals surface area contributed by atoms with E-state index in [4.69, 9.17) is 4.42 Å². The van der Waals surface area contributed by atoms with Crippen LogP contribution in [0, 0.1) is 27.7 Å². The van der Waals surface area contributed by atoms with Crippen LogP contribution in [-0.2, 0) is 0 Å². The highest BCUT2D eigenvalue weighted by atomic mass is 16.3. The molecule has 0 unspecified atom stereocenters. The number of benzene rings is 2. The first-order valence-electron chi connectivity index (χ1n) is 7.42. The van der Waals surface area contributed by atoms with Crippen LogP contribution in [0.25, 0.3) is 22.0 Å². The second-order valence-electron chi connectivity index (χ2n) is 5.65. The summed E-state index contributed by atoms with van der Waals surface area (Å²) in [7, 11) is 0. The maximum Gasteiger partial charge on any atom is 0.192 e. The number of aromatic nitrogens is 2. The summed E-state index contributed by atoms with van der Waals surface area (Å²) in [5.41, 5.74) is 6.83. The fourth-order valence-electron chi connectivity index (χ4n) is 2.65. The minimum absolute atomic E-state index is 0.731. The molecule has 1 N–H and O–H groups in total. The molecule has 0 bridgehead atoms. The highest BCUT2D eigenvalue weighted by Crippen LogP contribution is 2.18. The number of hydrogen-bond donors (Lipinski definition) is 1. The lowest BCUT2D eigenvalue weighted by Crippen LogP contribution is -1.74. The van der Waals surface area contributed by atoms with E-state index in [1.165, 1.54) is 27.7 Å². The Bertz CT molecular complexity index is 853. The van der Waals surface area contributed by atoms with E-state index in [2.05, 4.69) is 48.1 Å². The molecule has 112 valence electrons. The van der Waals surface area contributed by atoms with Crippen molar-refractivity contribution in [1.82, 2.24) is 9.97 Å². The summed E-state index contributed by atoms with van der Waals surface area (Å²) in [5.74, 6) is 0.731.